The van der Waals surface area contributed by atoms with Crippen LogP contribution in [0.3, 0.4) is 0 Å². The van der Waals surface area contributed by atoms with E-state index in [-0.39, 0.29) is 5.69 Å². The molecule has 0 bridgehead atoms. The molecule has 0 radical (unpaired) electrons. The summed E-state index contributed by atoms with van der Waals surface area (Å²) in [6, 6.07) is 14.3. The fourth-order valence-electron chi connectivity index (χ4n) is 2.04. The number of unbranched alkanes of at least 4 members (excludes halogenated alkanes) is 1. The van der Waals surface area contributed by atoms with Crippen LogP contribution in [0.5, 0.6) is 0 Å². The maximum Gasteiger partial charge on any atom is 0.125 e. The molecule has 0 fully saturated rings. The highest BCUT2D eigenvalue weighted by molar-refractivity contribution is 7.85. The zero-order valence-electron chi connectivity index (χ0n) is 11.2. The van der Waals surface area contributed by atoms with Crippen LogP contribution in [0.4, 0.5) is 10.1 Å². The topological polar surface area (TPSA) is 43.1 Å². The molecule has 2 aromatic carbocycles. The monoisotopic (exact) mass is 291 g/mol. The summed E-state index contributed by atoms with van der Waals surface area (Å²) < 4.78 is 25.0. The van der Waals surface area contributed by atoms with Crippen molar-refractivity contribution in [2.45, 2.75) is 24.2 Å². The number of hydrogen-bond donors (Lipinski definition) is 1. The van der Waals surface area contributed by atoms with Gasteiger partial charge in [-0.05, 0) is 43.0 Å². The molecule has 0 heterocycles. The molecule has 2 nitrogen and oxygen atoms in total. The summed E-state index contributed by atoms with van der Waals surface area (Å²) in [5, 5.41) is 0. The van der Waals surface area contributed by atoms with E-state index < -0.39 is 16.6 Å². The number of nitrogens with two attached hydrogens (primary N) is 1. The van der Waals surface area contributed by atoms with E-state index in [9.17, 15) is 8.60 Å². The molecule has 1 unspecified atom stereocenters. The smallest absolute Gasteiger partial charge is 0.125 e. The maximum atomic E-state index is 12.9. The minimum absolute atomic E-state index is 0.270. The van der Waals surface area contributed by atoms with E-state index >= 15 is 0 Å². The van der Waals surface area contributed by atoms with Crippen LogP contribution in [-0.4, -0.2) is 9.96 Å². The average molecular weight is 291 g/mol. The Bertz CT molecular complexity index is 586. The summed E-state index contributed by atoms with van der Waals surface area (Å²) >= 11 is 0. The van der Waals surface area contributed by atoms with Crippen molar-refractivity contribution < 1.29 is 8.60 Å². The van der Waals surface area contributed by atoms with Crippen molar-refractivity contribution in [3.63, 3.8) is 0 Å². The third kappa shape index (κ3) is 4.17. The second-order valence-corrected chi connectivity index (χ2v) is 6.21. The van der Waals surface area contributed by atoms with Gasteiger partial charge in [0.1, 0.15) is 5.82 Å². The summed E-state index contributed by atoms with van der Waals surface area (Å²) in [6.07, 6.45) is 2.83. The highest BCUT2D eigenvalue weighted by atomic mass is 32.2. The predicted octanol–water partition coefficient (Wildman–Crippen LogP) is 3.54. The number of nitrogen functional groups attached to an aromatic ring is 1. The van der Waals surface area contributed by atoms with E-state index in [0.29, 0.717) is 10.6 Å². The van der Waals surface area contributed by atoms with Crippen LogP contribution in [-0.2, 0) is 17.2 Å². The van der Waals surface area contributed by atoms with Gasteiger partial charge in [-0.1, -0.05) is 30.3 Å². The fraction of sp³-hybridized carbons (Fsp3) is 0.250. The molecule has 20 heavy (non-hydrogen) atoms. The van der Waals surface area contributed by atoms with Crippen LogP contribution in [0.25, 0.3) is 0 Å². The van der Waals surface area contributed by atoms with Crippen LogP contribution < -0.4 is 5.73 Å². The summed E-state index contributed by atoms with van der Waals surface area (Å²) in [4.78, 5) is 0.533. The molecule has 0 saturated carbocycles. The Kier molecular flexibility index (Phi) is 5.30. The van der Waals surface area contributed by atoms with Gasteiger partial charge in [-0.3, -0.25) is 4.21 Å². The molecule has 0 aliphatic rings. The van der Waals surface area contributed by atoms with E-state index in [1.165, 1.54) is 23.8 Å². The van der Waals surface area contributed by atoms with Gasteiger partial charge in [-0.25, -0.2) is 4.39 Å². The lowest BCUT2D eigenvalue weighted by Crippen LogP contribution is -2.03. The first kappa shape index (κ1) is 14.7. The molecule has 4 heteroatoms. The molecule has 2 N–H and O–H groups in total. The molecule has 106 valence electrons. The lowest BCUT2D eigenvalue weighted by atomic mass is 10.1. The van der Waals surface area contributed by atoms with Gasteiger partial charge < -0.3 is 5.73 Å². The lowest BCUT2D eigenvalue weighted by molar-refractivity contribution is 0.627. The third-order valence-corrected chi connectivity index (χ3v) is 4.63. The number of rotatable bonds is 6. The molecular weight excluding hydrogens is 273 g/mol. The number of anilines is 1. The lowest BCUT2D eigenvalue weighted by Gasteiger charge is -2.06. The highest BCUT2D eigenvalue weighted by Gasteiger charge is 2.08. The second-order valence-electron chi connectivity index (χ2n) is 4.67. The first-order valence-electron chi connectivity index (χ1n) is 6.64. The Morgan fingerprint density at radius 1 is 1.05 bits per heavy atom. The summed E-state index contributed by atoms with van der Waals surface area (Å²) in [6.45, 7) is 0. The maximum absolute atomic E-state index is 12.9. The summed E-state index contributed by atoms with van der Waals surface area (Å²) in [5.41, 5.74) is 7.25. The van der Waals surface area contributed by atoms with E-state index in [1.54, 1.807) is 0 Å². The summed E-state index contributed by atoms with van der Waals surface area (Å²) in [7, 11) is -1.15. The van der Waals surface area contributed by atoms with E-state index in [4.69, 9.17) is 5.73 Å². The molecular formula is C16H18FNOS. The zero-order valence-corrected chi connectivity index (χ0v) is 12.0. The summed E-state index contributed by atoms with van der Waals surface area (Å²) in [5.74, 6) is 0.162. The average Bonchev–Trinajstić information content (AvgIpc) is 2.44. The number of halogens is 1. The van der Waals surface area contributed by atoms with Crippen molar-refractivity contribution in [3.8, 4) is 0 Å². The minimum atomic E-state index is -1.15. The SMILES string of the molecule is Nc1cc(F)ccc1S(=O)CCCCc1ccccc1. The van der Waals surface area contributed by atoms with Crippen LogP contribution in [0.15, 0.2) is 53.4 Å². The number of aryl methyl sites for hydroxylation is 1. The highest BCUT2D eigenvalue weighted by Crippen LogP contribution is 2.18. The molecule has 0 aliphatic carbocycles. The fourth-order valence-corrected chi connectivity index (χ4v) is 3.27. The second kappa shape index (κ2) is 7.20. The molecule has 0 aromatic heterocycles. The quantitative estimate of drug-likeness (QED) is 0.653. The van der Waals surface area contributed by atoms with Crippen molar-refractivity contribution >= 4 is 16.5 Å². The molecule has 0 aliphatic heterocycles. The van der Waals surface area contributed by atoms with Crippen molar-refractivity contribution in [2.75, 3.05) is 11.5 Å². The van der Waals surface area contributed by atoms with E-state index in [0.717, 1.165) is 19.3 Å². The molecule has 0 saturated heterocycles. The van der Waals surface area contributed by atoms with Gasteiger partial charge in [0.15, 0.2) is 0 Å². The molecule has 0 amide bonds. The first-order chi connectivity index (χ1) is 9.66. The Hall–Kier alpha value is -1.68. The Morgan fingerprint density at radius 3 is 2.50 bits per heavy atom. The standard InChI is InChI=1S/C16H18FNOS/c17-14-9-10-16(15(18)12-14)20(19)11-5-4-8-13-6-2-1-3-7-13/h1-3,6-7,9-10,12H,4-5,8,11,18H2. The minimum Gasteiger partial charge on any atom is -0.398 e. The van der Waals surface area contributed by atoms with E-state index in [1.807, 2.05) is 18.2 Å². The first-order valence-corrected chi connectivity index (χ1v) is 7.96. The van der Waals surface area contributed by atoms with Gasteiger partial charge in [0.25, 0.3) is 0 Å². The zero-order chi connectivity index (χ0) is 14.4. The number of hydrogen-bond acceptors (Lipinski definition) is 2. The van der Waals surface area contributed by atoms with Gasteiger partial charge in [-0.2, -0.15) is 0 Å². The van der Waals surface area contributed by atoms with Crippen LogP contribution in [0, 0.1) is 5.82 Å². The Morgan fingerprint density at radius 2 is 1.80 bits per heavy atom. The largest absolute Gasteiger partial charge is 0.398 e. The van der Waals surface area contributed by atoms with Gasteiger partial charge in [0.05, 0.1) is 21.4 Å². The van der Waals surface area contributed by atoms with Gasteiger partial charge in [0.2, 0.25) is 0 Å². The molecule has 2 rings (SSSR count). The van der Waals surface area contributed by atoms with Gasteiger partial charge >= 0.3 is 0 Å². The van der Waals surface area contributed by atoms with Gasteiger partial charge in [0, 0.05) is 5.75 Å². The van der Waals surface area contributed by atoms with E-state index in [2.05, 4.69) is 12.1 Å². The van der Waals surface area contributed by atoms with Crippen LogP contribution >= 0.6 is 0 Å². The molecule has 1 atom stereocenters. The Balaban J connectivity index is 1.80. The molecule has 0 spiro atoms. The van der Waals surface area contributed by atoms with Crippen molar-refractivity contribution in [2.24, 2.45) is 0 Å². The van der Waals surface area contributed by atoms with Crippen molar-refractivity contribution in [3.05, 3.63) is 59.9 Å². The normalized spacial score (nSPS) is 12.2. The molecule has 2 aromatic rings. The third-order valence-electron chi connectivity index (χ3n) is 3.11. The predicted molar refractivity (Wildman–Crippen MR) is 81.5 cm³/mol. The van der Waals surface area contributed by atoms with Crippen molar-refractivity contribution in [1.29, 1.82) is 0 Å². The van der Waals surface area contributed by atoms with Gasteiger partial charge in [-0.15, -0.1) is 0 Å². The Labute approximate surface area is 121 Å². The van der Waals surface area contributed by atoms with Crippen LogP contribution in [0.2, 0.25) is 0 Å². The van der Waals surface area contributed by atoms with Crippen LogP contribution in [0.1, 0.15) is 18.4 Å². The van der Waals surface area contributed by atoms with Crippen molar-refractivity contribution in [1.82, 2.24) is 0 Å². The number of benzene rings is 2.